The summed E-state index contributed by atoms with van der Waals surface area (Å²) in [5.41, 5.74) is 2.12. The second kappa shape index (κ2) is 8.43. The molecule has 0 aliphatic carbocycles. The molecule has 0 aliphatic heterocycles. The van der Waals surface area contributed by atoms with E-state index in [-0.39, 0.29) is 11.7 Å². The summed E-state index contributed by atoms with van der Waals surface area (Å²) < 4.78 is 26.6. The molecule has 6 heteroatoms. The molecular formula is C17H21ClN2O2S. The molecule has 2 rings (SSSR count). The molecule has 1 atom stereocenters. The normalized spacial score (nSPS) is 13.0. The highest BCUT2D eigenvalue weighted by molar-refractivity contribution is 7.89. The van der Waals surface area contributed by atoms with Gasteiger partial charge in [-0.25, -0.2) is 13.1 Å². The third kappa shape index (κ3) is 5.94. The summed E-state index contributed by atoms with van der Waals surface area (Å²) in [6, 6.07) is 11.4. The Bertz CT molecular complexity index is 703. The Kier molecular flexibility index (Phi) is 6.57. The van der Waals surface area contributed by atoms with Crippen LogP contribution >= 0.6 is 11.6 Å². The summed E-state index contributed by atoms with van der Waals surface area (Å²) in [4.78, 5) is 4.12. The maximum Gasteiger partial charge on any atom is 0.211 e. The molecule has 1 unspecified atom stereocenters. The van der Waals surface area contributed by atoms with Gasteiger partial charge < -0.3 is 0 Å². The molecule has 0 saturated carbocycles. The average Bonchev–Trinajstić information content (AvgIpc) is 2.53. The highest BCUT2D eigenvalue weighted by Gasteiger charge is 2.16. The minimum Gasteiger partial charge on any atom is -0.264 e. The van der Waals surface area contributed by atoms with Gasteiger partial charge in [0.25, 0.3) is 0 Å². The zero-order chi connectivity index (χ0) is 16.7. The number of rotatable bonds is 8. The maximum absolute atomic E-state index is 11.9. The van der Waals surface area contributed by atoms with E-state index < -0.39 is 10.0 Å². The van der Waals surface area contributed by atoms with Gasteiger partial charge in [0.2, 0.25) is 10.0 Å². The number of halogens is 1. The SMILES string of the molecule is CCCS(=O)(=O)NCC(Cc1cccnc1)c1ccc(Cl)cc1. The van der Waals surface area contributed by atoms with Gasteiger partial charge in [-0.05, 0) is 42.2 Å². The Balaban J connectivity index is 2.16. The largest absolute Gasteiger partial charge is 0.264 e. The average molecular weight is 353 g/mol. The Hall–Kier alpha value is -1.43. The molecule has 2 aromatic rings. The van der Waals surface area contributed by atoms with Gasteiger partial charge in [-0.2, -0.15) is 0 Å². The van der Waals surface area contributed by atoms with Crippen molar-refractivity contribution in [2.45, 2.75) is 25.7 Å². The molecule has 0 radical (unpaired) electrons. The Morgan fingerprint density at radius 2 is 1.96 bits per heavy atom. The van der Waals surface area contributed by atoms with E-state index in [1.165, 1.54) is 0 Å². The van der Waals surface area contributed by atoms with Crippen LogP contribution in [-0.2, 0) is 16.4 Å². The topological polar surface area (TPSA) is 59.1 Å². The van der Waals surface area contributed by atoms with Crippen molar-refractivity contribution in [2.75, 3.05) is 12.3 Å². The lowest BCUT2D eigenvalue weighted by Crippen LogP contribution is -2.31. The van der Waals surface area contributed by atoms with Crippen molar-refractivity contribution >= 4 is 21.6 Å². The first-order valence-electron chi connectivity index (χ1n) is 7.62. The highest BCUT2D eigenvalue weighted by atomic mass is 35.5. The lowest BCUT2D eigenvalue weighted by molar-refractivity contribution is 0.567. The maximum atomic E-state index is 11.9. The van der Waals surface area contributed by atoms with Crippen LogP contribution in [0.5, 0.6) is 0 Å². The molecule has 0 saturated heterocycles. The number of nitrogens with one attached hydrogen (secondary N) is 1. The summed E-state index contributed by atoms with van der Waals surface area (Å²) in [6.45, 7) is 2.21. The monoisotopic (exact) mass is 352 g/mol. The first-order valence-corrected chi connectivity index (χ1v) is 9.65. The van der Waals surface area contributed by atoms with E-state index in [1.54, 1.807) is 6.20 Å². The van der Waals surface area contributed by atoms with Crippen molar-refractivity contribution in [1.29, 1.82) is 0 Å². The van der Waals surface area contributed by atoms with E-state index in [1.807, 2.05) is 49.5 Å². The lowest BCUT2D eigenvalue weighted by atomic mass is 9.93. The predicted molar refractivity (Wildman–Crippen MR) is 94.2 cm³/mol. The number of aromatic nitrogens is 1. The number of benzene rings is 1. The summed E-state index contributed by atoms with van der Waals surface area (Å²) in [5, 5.41) is 0.667. The van der Waals surface area contributed by atoms with Gasteiger partial charge in [-0.1, -0.05) is 36.7 Å². The van der Waals surface area contributed by atoms with Gasteiger partial charge in [-0.3, -0.25) is 4.98 Å². The molecule has 1 heterocycles. The van der Waals surface area contributed by atoms with Gasteiger partial charge in [0.05, 0.1) is 5.75 Å². The molecule has 0 fully saturated rings. The van der Waals surface area contributed by atoms with Crippen LogP contribution in [0.25, 0.3) is 0 Å². The van der Waals surface area contributed by atoms with E-state index in [0.717, 1.165) is 11.1 Å². The summed E-state index contributed by atoms with van der Waals surface area (Å²) in [7, 11) is -3.23. The van der Waals surface area contributed by atoms with Crippen LogP contribution < -0.4 is 4.72 Å². The molecule has 1 aromatic carbocycles. The molecular weight excluding hydrogens is 332 g/mol. The first-order chi connectivity index (χ1) is 11.0. The number of sulfonamides is 1. The summed E-state index contributed by atoms with van der Waals surface area (Å²) in [6.07, 6.45) is 4.85. The van der Waals surface area contributed by atoms with Crippen LogP contribution in [0.4, 0.5) is 0 Å². The highest BCUT2D eigenvalue weighted by Crippen LogP contribution is 2.22. The van der Waals surface area contributed by atoms with Crippen LogP contribution in [0.2, 0.25) is 5.02 Å². The lowest BCUT2D eigenvalue weighted by Gasteiger charge is -2.18. The van der Waals surface area contributed by atoms with E-state index >= 15 is 0 Å². The number of pyridine rings is 1. The minimum atomic E-state index is -3.23. The Morgan fingerprint density at radius 3 is 2.57 bits per heavy atom. The fourth-order valence-corrected chi connectivity index (χ4v) is 3.68. The van der Waals surface area contributed by atoms with E-state index in [9.17, 15) is 8.42 Å². The van der Waals surface area contributed by atoms with Crippen LogP contribution in [-0.4, -0.2) is 25.7 Å². The fourth-order valence-electron chi connectivity index (χ4n) is 2.41. The third-order valence-corrected chi connectivity index (χ3v) is 5.37. The Morgan fingerprint density at radius 1 is 1.22 bits per heavy atom. The molecule has 0 spiro atoms. The molecule has 1 N–H and O–H groups in total. The molecule has 1 aromatic heterocycles. The first kappa shape index (κ1) is 17.9. The Labute approximate surface area is 143 Å². The molecule has 4 nitrogen and oxygen atoms in total. The van der Waals surface area contributed by atoms with Gasteiger partial charge in [0.1, 0.15) is 0 Å². The van der Waals surface area contributed by atoms with Gasteiger partial charge in [0.15, 0.2) is 0 Å². The zero-order valence-electron chi connectivity index (χ0n) is 13.1. The standard InChI is InChI=1S/C17H21ClN2O2S/c1-2-10-23(21,22)20-13-16(11-14-4-3-9-19-12-14)15-5-7-17(18)8-6-15/h3-9,12,16,20H,2,10-11,13H2,1H3. The number of hydrogen-bond donors (Lipinski definition) is 1. The third-order valence-electron chi connectivity index (χ3n) is 3.57. The fraction of sp³-hybridized carbons (Fsp3) is 0.353. The van der Waals surface area contributed by atoms with Gasteiger partial charge >= 0.3 is 0 Å². The molecule has 0 bridgehead atoms. The summed E-state index contributed by atoms with van der Waals surface area (Å²) in [5.74, 6) is 0.177. The van der Waals surface area contributed by atoms with E-state index in [4.69, 9.17) is 11.6 Å². The predicted octanol–water partition coefficient (Wildman–Crippen LogP) is 3.39. The molecule has 23 heavy (non-hydrogen) atoms. The number of nitrogens with zero attached hydrogens (tertiary/aromatic N) is 1. The second-order valence-electron chi connectivity index (χ2n) is 5.48. The van der Waals surface area contributed by atoms with Crippen molar-refractivity contribution in [1.82, 2.24) is 9.71 Å². The molecule has 0 amide bonds. The van der Waals surface area contributed by atoms with Crippen LogP contribution in [0.3, 0.4) is 0 Å². The van der Waals surface area contributed by atoms with Gasteiger partial charge in [0, 0.05) is 29.9 Å². The van der Waals surface area contributed by atoms with Crippen molar-refractivity contribution in [3.05, 3.63) is 64.9 Å². The van der Waals surface area contributed by atoms with Crippen LogP contribution in [0.15, 0.2) is 48.8 Å². The number of hydrogen-bond acceptors (Lipinski definition) is 3. The van der Waals surface area contributed by atoms with Crippen LogP contribution in [0.1, 0.15) is 30.4 Å². The zero-order valence-corrected chi connectivity index (χ0v) is 14.6. The minimum absolute atomic E-state index is 0.0306. The van der Waals surface area contributed by atoms with Crippen molar-refractivity contribution in [3.8, 4) is 0 Å². The second-order valence-corrected chi connectivity index (χ2v) is 7.84. The smallest absolute Gasteiger partial charge is 0.211 e. The van der Waals surface area contributed by atoms with Crippen molar-refractivity contribution in [3.63, 3.8) is 0 Å². The van der Waals surface area contributed by atoms with E-state index in [2.05, 4.69) is 9.71 Å². The molecule has 0 aliphatic rings. The molecule has 124 valence electrons. The van der Waals surface area contributed by atoms with Crippen molar-refractivity contribution in [2.24, 2.45) is 0 Å². The van der Waals surface area contributed by atoms with Crippen molar-refractivity contribution < 1.29 is 8.42 Å². The van der Waals surface area contributed by atoms with Gasteiger partial charge in [-0.15, -0.1) is 0 Å². The quantitative estimate of drug-likeness (QED) is 0.792. The van der Waals surface area contributed by atoms with Crippen LogP contribution in [0, 0.1) is 0 Å². The summed E-state index contributed by atoms with van der Waals surface area (Å²) >= 11 is 5.95. The van der Waals surface area contributed by atoms with E-state index in [0.29, 0.717) is 24.4 Å².